The number of carboxylic acid groups (broad SMARTS) is 1. The van der Waals surface area contributed by atoms with E-state index in [1.807, 2.05) is 0 Å². The van der Waals surface area contributed by atoms with Crippen LogP contribution in [0.15, 0.2) is 0 Å². The monoisotopic (exact) mass is 227 g/mol. The third-order valence-corrected chi connectivity index (χ3v) is 1.96. The SMILES string of the molecule is C#CCC(NC(=O)N(C)CCNC)C(=O)O. The van der Waals surface area contributed by atoms with Gasteiger partial charge in [0.05, 0.1) is 0 Å². The zero-order chi connectivity index (χ0) is 12.6. The Labute approximate surface area is 95.0 Å². The van der Waals surface area contributed by atoms with Gasteiger partial charge < -0.3 is 20.6 Å². The summed E-state index contributed by atoms with van der Waals surface area (Å²) >= 11 is 0. The van der Waals surface area contributed by atoms with Crippen LogP contribution >= 0.6 is 0 Å². The van der Waals surface area contributed by atoms with E-state index < -0.39 is 18.0 Å². The lowest BCUT2D eigenvalue weighted by Crippen LogP contribution is -2.47. The number of nitrogens with zero attached hydrogens (tertiary/aromatic N) is 1. The van der Waals surface area contributed by atoms with Crippen LogP contribution in [0.1, 0.15) is 6.42 Å². The van der Waals surface area contributed by atoms with E-state index in [2.05, 4.69) is 16.6 Å². The van der Waals surface area contributed by atoms with Crippen LogP contribution in [0.25, 0.3) is 0 Å². The normalized spacial score (nSPS) is 11.3. The van der Waals surface area contributed by atoms with Crippen LogP contribution in [-0.4, -0.2) is 55.2 Å². The molecule has 0 aliphatic heterocycles. The molecule has 6 heteroatoms. The second kappa shape index (κ2) is 7.54. The van der Waals surface area contributed by atoms with Gasteiger partial charge in [-0.3, -0.25) is 0 Å². The highest BCUT2D eigenvalue weighted by Crippen LogP contribution is 1.93. The minimum absolute atomic E-state index is 0.0268. The first-order chi connectivity index (χ1) is 7.52. The molecule has 3 N–H and O–H groups in total. The quantitative estimate of drug-likeness (QED) is 0.525. The number of hydrogen-bond donors (Lipinski definition) is 3. The Kier molecular flexibility index (Phi) is 6.72. The third-order valence-electron chi connectivity index (χ3n) is 1.96. The Bertz CT molecular complexity index is 286. The molecule has 0 aromatic carbocycles. The van der Waals surface area contributed by atoms with Gasteiger partial charge >= 0.3 is 12.0 Å². The summed E-state index contributed by atoms with van der Waals surface area (Å²) in [6.45, 7) is 1.13. The number of terminal acetylenes is 1. The van der Waals surface area contributed by atoms with Crippen molar-refractivity contribution in [3.8, 4) is 12.3 Å². The molecule has 0 radical (unpaired) electrons. The van der Waals surface area contributed by atoms with Crippen molar-refractivity contribution in [1.29, 1.82) is 0 Å². The van der Waals surface area contributed by atoms with Crippen LogP contribution in [0, 0.1) is 12.3 Å². The molecule has 0 saturated heterocycles. The van der Waals surface area contributed by atoms with Crippen molar-refractivity contribution < 1.29 is 14.7 Å². The third kappa shape index (κ3) is 5.22. The van der Waals surface area contributed by atoms with Gasteiger partial charge in [0.15, 0.2) is 0 Å². The number of rotatable bonds is 6. The van der Waals surface area contributed by atoms with E-state index >= 15 is 0 Å². The van der Waals surface area contributed by atoms with Crippen LogP contribution in [-0.2, 0) is 4.79 Å². The topological polar surface area (TPSA) is 81.7 Å². The number of aliphatic carboxylic acids is 1. The number of hydrogen-bond acceptors (Lipinski definition) is 3. The van der Waals surface area contributed by atoms with Crippen LogP contribution in [0.3, 0.4) is 0 Å². The summed E-state index contributed by atoms with van der Waals surface area (Å²) in [6, 6.07) is -1.48. The molecule has 0 aliphatic carbocycles. The summed E-state index contributed by atoms with van der Waals surface area (Å²) in [7, 11) is 3.35. The smallest absolute Gasteiger partial charge is 0.327 e. The predicted octanol–water partition coefficient (Wildman–Crippen LogP) is -0.676. The van der Waals surface area contributed by atoms with Crippen molar-refractivity contribution in [3.05, 3.63) is 0 Å². The molecule has 2 amide bonds. The van der Waals surface area contributed by atoms with Gasteiger partial charge in [0.25, 0.3) is 0 Å². The summed E-state index contributed by atoms with van der Waals surface area (Å²) in [5.41, 5.74) is 0. The molecule has 0 bridgehead atoms. The molecular weight excluding hydrogens is 210 g/mol. The fourth-order valence-corrected chi connectivity index (χ4v) is 0.958. The lowest BCUT2D eigenvalue weighted by Gasteiger charge is -2.20. The Morgan fingerprint density at radius 1 is 1.56 bits per heavy atom. The molecule has 1 unspecified atom stereocenters. The Balaban J connectivity index is 4.18. The molecule has 0 fully saturated rings. The van der Waals surface area contributed by atoms with Gasteiger partial charge in [0.2, 0.25) is 0 Å². The maximum absolute atomic E-state index is 11.5. The van der Waals surface area contributed by atoms with Gasteiger partial charge in [0.1, 0.15) is 6.04 Å². The molecule has 0 spiro atoms. The van der Waals surface area contributed by atoms with Gasteiger partial charge in [-0.15, -0.1) is 12.3 Å². The van der Waals surface area contributed by atoms with Crippen molar-refractivity contribution in [2.24, 2.45) is 0 Å². The fraction of sp³-hybridized carbons (Fsp3) is 0.600. The second-order valence-corrected chi connectivity index (χ2v) is 3.27. The Morgan fingerprint density at radius 2 is 2.19 bits per heavy atom. The van der Waals surface area contributed by atoms with Gasteiger partial charge in [-0.25, -0.2) is 9.59 Å². The number of likely N-dealkylation sites (N-methyl/N-ethyl adjacent to an activating group) is 2. The molecule has 0 aromatic rings. The maximum atomic E-state index is 11.5. The van der Waals surface area contributed by atoms with Crippen LogP contribution in [0.2, 0.25) is 0 Å². The van der Waals surface area contributed by atoms with E-state index in [0.29, 0.717) is 13.1 Å². The number of urea groups is 1. The predicted molar refractivity (Wildman–Crippen MR) is 60.0 cm³/mol. The molecule has 1 atom stereocenters. The minimum atomic E-state index is -1.13. The van der Waals surface area contributed by atoms with E-state index in [1.165, 1.54) is 4.90 Å². The lowest BCUT2D eigenvalue weighted by molar-refractivity contribution is -0.139. The second-order valence-electron chi connectivity index (χ2n) is 3.27. The molecule has 90 valence electrons. The fourth-order valence-electron chi connectivity index (χ4n) is 0.958. The molecule has 0 heterocycles. The molecule has 0 aromatic heterocycles. The molecular formula is C10H17N3O3. The van der Waals surface area contributed by atoms with Crippen molar-refractivity contribution in [2.45, 2.75) is 12.5 Å². The van der Waals surface area contributed by atoms with Crippen LogP contribution in [0.4, 0.5) is 4.79 Å². The number of carbonyl (C=O) groups is 2. The standard InChI is InChI=1S/C10H17N3O3/c1-4-5-8(9(14)15)12-10(16)13(3)7-6-11-2/h1,8,11H,5-7H2,2-3H3,(H,12,16)(H,14,15). The average Bonchev–Trinajstić information content (AvgIpc) is 2.24. The summed E-state index contributed by atoms with van der Waals surface area (Å²) in [5.74, 6) is 1.08. The number of carboxylic acids is 1. The van der Waals surface area contributed by atoms with Crippen LogP contribution in [0.5, 0.6) is 0 Å². The zero-order valence-electron chi connectivity index (χ0n) is 9.49. The van der Waals surface area contributed by atoms with Crippen molar-refractivity contribution in [3.63, 3.8) is 0 Å². The van der Waals surface area contributed by atoms with Gasteiger partial charge in [-0.1, -0.05) is 0 Å². The van der Waals surface area contributed by atoms with E-state index in [9.17, 15) is 9.59 Å². The maximum Gasteiger partial charge on any atom is 0.327 e. The highest BCUT2D eigenvalue weighted by molar-refractivity contribution is 5.82. The molecule has 0 saturated carbocycles. The van der Waals surface area contributed by atoms with Gasteiger partial charge in [-0.05, 0) is 7.05 Å². The largest absolute Gasteiger partial charge is 0.480 e. The zero-order valence-corrected chi connectivity index (χ0v) is 9.49. The minimum Gasteiger partial charge on any atom is -0.480 e. The van der Waals surface area contributed by atoms with Gasteiger partial charge in [0, 0.05) is 26.6 Å². The summed E-state index contributed by atoms with van der Waals surface area (Å²) in [5, 5.41) is 14.0. The molecule has 6 nitrogen and oxygen atoms in total. The van der Waals surface area contributed by atoms with Crippen molar-refractivity contribution in [1.82, 2.24) is 15.5 Å². The first-order valence-corrected chi connectivity index (χ1v) is 4.85. The molecule has 0 aliphatic rings. The highest BCUT2D eigenvalue weighted by Gasteiger charge is 2.20. The molecule has 16 heavy (non-hydrogen) atoms. The van der Waals surface area contributed by atoms with E-state index in [-0.39, 0.29) is 6.42 Å². The highest BCUT2D eigenvalue weighted by atomic mass is 16.4. The summed E-state index contributed by atoms with van der Waals surface area (Å²) < 4.78 is 0. The number of carbonyl (C=O) groups excluding carboxylic acids is 1. The first kappa shape index (κ1) is 14.3. The first-order valence-electron chi connectivity index (χ1n) is 4.85. The van der Waals surface area contributed by atoms with Crippen molar-refractivity contribution >= 4 is 12.0 Å². The summed E-state index contributed by atoms with van der Waals surface area (Å²) in [4.78, 5) is 23.6. The Morgan fingerprint density at radius 3 is 2.62 bits per heavy atom. The number of amides is 2. The van der Waals surface area contributed by atoms with Gasteiger partial charge in [-0.2, -0.15) is 0 Å². The number of nitrogens with one attached hydrogen (secondary N) is 2. The van der Waals surface area contributed by atoms with E-state index in [0.717, 1.165) is 0 Å². The molecule has 0 rings (SSSR count). The average molecular weight is 227 g/mol. The van der Waals surface area contributed by atoms with Crippen molar-refractivity contribution in [2.75, 3.05) is 27.2 Å². The van der Waals surface area contributed by atoms with E-state index in [1.54, 1.807) is 14.1 Å². The van der Waals surface area contributed by atoms with Crippen LogP contribution < -0.4 is 10.6 Å². The Hall–Kier alpha value is -1.74. The van der Waals surface area contributed by atoms with E-state index in [4.69, 9.17) is 11.5 Å². The summed E-state index contributed by atoms with van der Waals surface area (Å²) in [6.07, 6.45) is 4.98. The lowest BCUT2D eigenvalue weighted by atomic mass is 10.2.